The van der Waals surface area contributed by atoms with Gasteiger partial charge in [-0.25, -0.2) is 9.67 Å². The molecule has 1 saturated carbocycles. The lowest BCUT2D eigenvalue weighted by Gasteiger charge is -2.30. The first-order valence-electron chi connectivity index (χ1n) is 7.48. The predicted molar refractivity (Wildman–Crippen MR) is 80.4 cm³/mol. The van der Waals surface area contributed by atoms with E-state index in [9.17, 15) is 5.11 Å². The van der Waals surface area contributed by atoms with Crippen LogP contribution in [0, 0.1) is 0 Å². The molecule has 1 aliphatic carbocycles. The van der Waals surface area contributed by atoms with Gasteiger partial charge in [-0.15, -0.1) is 5.10 Å². The molecule has 0 amide bonds. The minimum absolute atomic E-state index is 0.178. The predicted octanol–water partition coefficient (Wildman–Crippen LogP) is 0.764. The molecule has 7 heteroatoms. The Morgan fingerprint density at radius 2 is 2.32 bits per heavy atom. The molecular formula is C15H21N5O2. The Morgan fingerprint density at radius 3 is 3.00 bits per heavy atom. The standard InChI is InChI=1S/C15H21N5O2/c1-22-9-14-18-15(10-4-5-13(21)12(16)7-10)20(19-14)11-3-2-6-17-8-11/h2-3,6,8,10,12-13,21H,4-5,7,9,16H2,1H3/t10-,12+,13+/m0/s1. The quantitative estimate of drug-likeness (QED) is 0.865. The Morgan fingerprint density at radius 1 is 1.45 bits per heavy atom. The molecule has 3 rings (SSSR count). The van der Waals surface area contributed by atoms with E-state index in [4.69, 9.17) is 10.5 Å². The van der Waals surface area contributed by atoms with Gasteiger partial charge in [-0.3, -0.25) is 4.98 Å². The van der Waals surface area contributed by atoms with Crippen molar-refractivity contribution >= 4 is 0 Å². The molecule has 3 atom stereocenters. The van der Waals surface area contributed by atoms with Gasteiger partial charge in [-0.1, -0.05) is 0 Å². The number of nitrogens with zero attached hydrogens (tertiary/aromatic N) is 4. The monoisotopic (exact) mass is 303 g/mol. The van der Waals surface area contributed by atoms with Crippen LogP contribution in [0.2, 0.25) is 0 Å². The fourth-order valence-electron chi connectivity index (χ4n) is 2.92. The summed E-state index contributed by atoms with van der Waals surface area (Å²) in [5.74, 6) is 1.68. The van der Waals surface area contributed by atoms with Crippen LogP contribution in [0.1, 0.15) is 36.8 Å². The zero-order valence-electron chi connectivity index (χ0n) is 12.6. The van der Waals surface area contributed by atoms with Gasteiger partial charge in [-0.05, 0) is 31.4 Å². The Labute approximate surface area is 129 Å². The van der Waals surface area contributed by atoms with Crippen molar-refractivity contribution in [1.82, 2.24) is 19.7 Å². The molecule has 0 radical (unpaired) electrons. The molecule has 0 bridgehead atoms. The average Bonchev–Trinajstić information content (AvgIpc) is 2.95. The van der Waals surface area contributed by atoms with Crippen LogP contribution in [0.4, 0.5) is 0 Å². The maximum atomic E-state index is 9.82. The highest BCUT2D eigenvalue weighted by molar-refractivity contribution is 5.29. The van der Waals surface area contributed by atoms with Crippen LogP contribution in [0.5, 0.6) is 0 Å². The highest BCUT2D eigenvalue weighted by Crippen LogP contribution is 2.32. The topological polar surface area (TPSA) is 99.1 Å². The first-order chi connectivity index (χ1) is 10.7. The molecule has 0 saturated heterocycles. The summed E-state index contributed by atoms with van der Waals surface area (Å²) in [5, 5.41) is 14.3. The minimum atomic E-state index is -0.426. The number of hydrogen-bond donors (Lipinski definition) is 2. The molecule has 1 fully saturated rings. The van der Waals surface area contributed by atoms with Gasteiger partial charge < -0.3 is 15.6 Å². The molecule has 1 aliphatic rings. The third-order valence-corrected chi connectivity index (χ3v) is 4.07. The maximum absolute atomic E-state index is 9.82. The van der Waals surface area contributed by atoms with E-state index in [1.54, 1.807) is 19.5 Å². The fraction of sp³-hybridized carbons (Fsp3) is 0.533. The number of hydrogen-bond acceptors (Lipinski definition) is 6. The molecule has 22 heavy (non-hydrogen) atoms. The van der Waals surface area contributed by atoms with E-state index in [0.29, 0.717) is 25.3 Å². The minimum Gasteiger partial charge on any atom is -0.392 e. The fourth-order valence-corrected chi connectivity index (χ4v) is 2.92. The summed E-state index contributed by atoms with van der Waals surface area (Å²) in [6.45, 7) is 0.363. The number of aliphatic hydroxyl groups is 1. The second kappa shape index (κ2) is 6.51. The van der Waals surface area contributed by atoms with Crippen molar-refractivity contribution in [2.75, 3.05) is 7.11 Å². The summed E-state index contributed by atoms with van der Waals surface area (Å²) >= 11 is 0. The third kappa shape index (κ3) is 3.01. The summed E-state index contributed by atoms with van der Waals surface area (Å²) in [7, 11) is 1.62. The van der Waals surface area contributed by atoms with Gasteiger partial charge in [0.2, 0.25) is 0 Å². The summed E-state index contributed by atoms with van der Waals surface area (Å²) in [4.78, 5) is 8.77. The normalized spacial score (nSPS) is 25.3. The van der Waals surface area contributed by atoms with Crippen LogP contribution in [-0.4, -0.2) is 44.1 Å². The molecule has 3 N–H and O–H groups in total. The molecule has 0 unspecified atom stereocenters. The number of aliphatic hydroxyl groups excluding tert-OH is 1. The lowest BCUT2D eigenvalue weighted by molar-refractivity contribution is 0.0989. The molecule has 7 nitrogen and oxygen atoms in total. The van der Waals surface area contributed by atoms with Gasteiger partial charge >= 0.3 is 0 Å². The Hall–Kier alpha value is -1.83. The highest BCUT2D eigenvalue weighted by atomic mass is 16.5. The summed E-state index contributed by atoms with van der Waals surface area (Å²) in [5.41, 5.74) is 6.88. The van der Waals surface area contributed by atoms with Crippen LogP contribution >= 0.6 is 0 Å². The second-order valence-electron chi connectivity index (χ2n) is 5.68. The van der Waals surface area contributed by atoms with Crippen molar-refractivity contribution in [1.29, 1.82) is 0 Å². The lowest BCUT2D eigenvalue weighted by atomic mass is 9.83. The van der Waals surface area contributed by atoms with Gasteiger partial charge in [0.15, 0.2) is 5.82 Å². The lowest BCUT2D eigenvalue weighted by Crippen LogP contribution is -2.40. The molecule has 118 valence electrons. The average molecular weight is 303 g/mol. The van der Waals surface area contributed by atoms with E-state index in [2.05, 4.69) is 15.1 Å². The van der Waals surface area contributed by atoms with Gasteiger partial charge in [0, 0.05) is 25.3 Å². The maximum Gasteiger partial charge on any atom is 0.176 e. The van der Waals surface area contributed by atoms with Gasteiger partial charge in [0.05, 0.1) is 18.0 Å². The van der Waals surface area contributed by atoms with Crippen LogP contribution in [0.3, 0.4) is 0 Å². The molecular weight excluding hydrogens is 282 g/mol. The first kappa shape index (κ1) is 15.1. The Bertz CT molecular complexity index is 616. The van der Waals surface area contributed by atoms with Crippen LogP contribution in [0.15, 0.2) is 24.5 Å². The zero-order chi connectivity index (χ0) is 15.5. The molecule has 0 spiro atoms. The number of ether oxygens (including phenoxy) is 1. The van der Waals surface area contributed by atoms with E-state index in [1.807, 2.05) is 16.8 Å². The van der Waals surface area contributed by atoms with Crippen molar-refractivity contribution in [2.45, 2.75) is 43.9 Å². The van der Waals surface area contributed by atoms with E-state index < -0.39 is 6.10 Å². The van der Waals surface area contributed by atoms with Gasteiger partial charge in [0.1, 0.15) is 12.4 Å². The third-order valence-electron chi connectivity index (χ3n) is 4.07. The second-order valence-corrected chi connectivity index (χ2v) is 5.68. The molecule has 2 aromatic heterocycles. The number of aromatic nitrogens is 4. The number of rotatable bonds is 4. The van der Waals surface area contributed by atoms with Crippen molar-refractivity contribution in [3.63, 3.8) is 0 Å². The molecule has 0 aromatic carbocycles. The summed E-state index contributed by atoms with van der Waals surface area (Å²) < 4.78 is 6.95. The van der Waals surface area contributed by atoms with E-state index >= 15 is 0 Å². The summed E-state index contributed by atoms with van der Waals surface area (Å²) in [6.07, 6.45) is 5.29. The van der Waals surface area contributed by atoms with Crippen molar-refractivity contribution in [3.05, 3.63) is 36.2 Å². The van der Waals surface area contributed by atoms with Gasteiger partial charge in [0.25, 0.3) is 0 Å². The largest absolute Gasteiger partial charge is 0.392 e. The molecule has 2 aromatic rings. The summed E-state index contributed by atoms with van der Waals surface area (Å²) in [6, 6.07) is 3.59. The number of nitrogens with two attached hydrogens (primary N) is 1. The van der Waals surface area contributed by atoms with Crippen LogP contribution in [0.25, 0.3) is 5.69 Å². The Kier molecular flexibility index (Phi) is 4.47. The number of pyridine rings is 1. The highest BCUT2D eigenvalue weighted by Gasteiger charge is 2.31. The SMILES string of the molecule is COCc1nc([C@H]2CC[C@@H](O)[C@H](N)C2)n(-c2cccnc2)n1. The Balaban J connectivity index is 1.95. The van der Waals surface area contributed by atoms with Crippen LogP contribution in [-0.2, 0) is 11.3 Å². The molecule has 0 aliphatic heterocycles. The number of methoxy groups -OCH3 is 1. The molecule has 2 heterocycles. The zero-order valence-corrected chi connectivity index (χ0v) is 12.6. The van der Waals surface area contributed by atoms with Crippen molar-refractivity contribution < 1.29 is 9.84 Å². The van der Waals surface area contributed by atoms with E-state index in [1.165, 1.54) is 0 Å². The first-order valence-corrected chi connectivity index (χ1v) is 7.48. The van der Waals surface area contributed by atoms with Gasteiger partial charge in [-0.2, -0.15) is 0 Å². The van der Waals surface area contributed by atoms with Crippen molar-refractivity contribution in [3.8, 4) is 5.69 Å². The van der Waals surface area contributed by atoms with Crippen molar-refractivity contribution in [2.24, 2.45) is 5.73 Å². The van der Waals surface area contributed by atoms with E-state index in [-0.39, 0.29) is 12.0 Å². The van der Waals surface area contributed by atoms with E-state index in [0.717, 1.165) is 17.9 Å². The van der Waals surface area contributed by atoms with Crippen LogP contribution < -0.4 is 5.73 Å². The smallest absolute Gasteiger partial charge is 0.176 e.